The van der Waals surface area contributed by atoms with Crippen LogP contribution >= 0.6 is 0 Å². The first-order valence-electron chi connectivity index (χ1n) is 7.10. The van der Waals surface area contributed by atoms with Gasteiger partial charge in [-0.1, -0.05) is 42.5 Å². The number of rotatable bonds is 4. The molecule has 3 rings (SSSR count). The summed E-state index contributed by atoms with van der Waals surface area (Å²) in [5.74, 6) is 0.740. The fourth-order valence-electron chi connectivity index (χ4n) is 2.24. The molecule has 1 aliphatic heterocycles. The van der Waals surface area contributed by atoms with E-state index in [9.17, 15) is 10.1 Å². The summed E-state index contributed by atoms with van der Waals surface area (Å²) in [4.78, 5) is 12.2. The number of benzene rings is 2. The number of hydrogen-bond acceptors (Lipinski definition) is 4. The van der Waals surface area contributed by atoms with Gasteiger partial charge in [0.05, 0.1) is 0 Å². The van der Waals surface area contributed by atoms with Gasteiger partial charge in [0.15, 0.2) is 11.5 Å². The fourth-order valence-corrected chi connectivity index (χ4v) is 2.24. The fraction of sp³-hybridized carbons (Fsp3) is 0.111. The molecule has 114 valence electrons. The van der Waals surface area contributed by atoms with Crippen molar-refractivity contribution >= 4 is 12.0 Å². The van der Waals surface area contributed by atoms with E-state index in [0.717, 1.165) is 5.56 Å². The minimum Gasteiger partial charge on any atom is -0.454 e. The molecule has 2 aromatic carbocycles. The number of carbonyl (C=O) groups is 1. The molecule has 23 heavy (non-hydrogen) atoms. The predicted molar refractivity (Wildman–Crippen MR) is 84.4 cm³/mol. The van der Waals surface area contributed by atoms with Crippen molar-refractivity contribution in [3.05, 3.63) is 65.2 Å². The molecule has 0 unspecified atom stereocenters. The van der Waals surface area contributed by atoms with E-state index in [0.29, 0.717) is 23.6 Å². The lowest BCUT2D eigenvalue weighted by Crippen LogP contribution is -2.23. The van der Waals surface area contributed by atoms with E-state index in [1.54, 1.807) is 18.2 Å². The van der Waals surface area contributed by atoms with Gasteiger partial charge in [0.1, 0.15) is 11.6 Å². The van der Waals surface area contributed by atoms with Gasteiger partial charge in [-0.15, -0.1) is 0 Å². The number of nitrogens with one attached hydrogen (secondary N) is 1. The average molecular weight is 306 g/mol. The van der Waals surface area contributed by atoms with E-state index in [4.69, 9.17) is 9.47 Å². The van der Waals surface area contributed by atoms with Gasteiger partial charge in [-0.3, -0.25) is 4.79 Å². The average Bonchev–Trinajstić information content (AvgIpc) is 3.08. The van der Waals surface area contributed by atoms with E-state index in [1.165, 1.54) is 6.08 Å². The van der Waals surface area contributed by atoms with Crippen LogP contribution in [0.2, 0.25) is 0 Å². The topological polar surface area (TPSA) is 71.3 Å². The van der Waals surface area contributed by atoms with E-state index in [2.05, 4.69) is 5.32 Å². The van der Waals surface area contributed by atoms with Crippen molar-refractivity contribution in [1.29, 1.82) is 5.26 Å². The maximum absolute atomic E-state index is 12.2. The molecule has 0 saturated heterocycles. The molecule has 5 heteroatoms. The van der Waals surface area contributed by atoms with Crippen LogP contribution in [0.5, 0.6) is 11.5 Å². The lowest BCUT2D eigenvalue weighted by atomic mass is 10.1. The first kappa shape index (κ1) is 14.7. The quantitative estimate of drug-likeness (QED) is 0.696. The molecule has 5 nitrogen and oxygen atoms in total. The van der Waals surface area contributed by atoms with Crippen molar-refractivity contribution < 1.29 is 14.3 Å². The van der Waals surface area contributed by atoms with Crippen LogP contribution in [0.25, 0.3) is 6.08 Å². The second-order valence-electron chi connectivity index (χ2n) is 4.92. The zero-order valence-electron chi connectivity index (χ0n) is 12.3. The summed E-state index contributed by atoms with van der Waals surface area (Å²) in [6.07, 6.45) is 1.51. The Morgan fingerprint density at radius 3 is 2.78 bits per heavy atom. The second kappa shape index (κ2) is 6.67. The lowest BCUT2D eigenvalue weighted by Gasteiger charge is -2.05. The molecule has 1 aliphatic rings. The summed E-state index contributed by atoms with van der Waals surface area (Å²) in [7, 11) is 0. The highest BCUT2D eigenvalue weighted by atomic mass is 16.7. The molecule has 2 aromatic rings. The van der Waals surface area contributed by atoms with Gasteiger partial charge < -0.3 is 14.8 Å². The van der Waals surface area contributed by atoms with Crippen LogP contribution in [0.3, 0.4) is 0 Å². The molecule has 0 aliphatic carbocycles. The zero-order chi connectivity index (χ0) is 16.1. The molecule has 0 radical (unpaired) electrons. The smallest absolute Gasteiger partial charge is 0.262 e. The molecule has 0 saturated carbocycles. The summed E-state index contributed by atoms with van der Waals surface area (Å²) < 4.78 is 10.7. The maximum Gasteiger partial charge on any atom is 0.262 e. The third kappa shape index (κ3) is 3.33. The van der Waals surface area contributed by atoms with Crippen molar-refractivity contribution in [1.82, 2.24) is 5.32 Å². The van der Waals surface area contributed by atoms with E-state index in [-0.39, 0.29) is 12.4 Å². The Bertz CT molecular complexity index is 792. The van der Waals surface area contributed by atoms with Crippen molar-refractivity contribution in [2.24, 2.45) is 0 Å². The van der Waals surface area contributed by atoms with Crippen molar-refractivity contribution in [3.8, 4) is 17.6 Å². The lowest BCUT2D eigenvalue weighted by molar-refractivity contribution is -0.117. The highest BCUT2D eigenvalue weighted by Gasteiger charge is 2.17. The first-order chi connectivity index (χ1) is 11.3. The monoisotopic (exact) mass is 306 g/mol. The van der Waals surface area contributed by atoms with Crippen molar-refractivity contribution in [2.45, 2.75) is 6.54 Å². The Morgan fingerprint density at radius 1 is 1.17 bits per heavy atom. The van der Waals surface area contributed by atoms with Crippen molar-refractivity contribution in [3.63, 3.8) is 0 Å². The first-order valence-corrected chi connectivity index (χ1v) is 7.10. The predicted octanol–water partition coefficient (Wildman–Crippen LogP) is 2.64. The molecule has 0 fully saturated rings. The van der Waals surface area contributed by atoms with E-state index >= 15 is 0 Å². The van der Waals surface area contributed by atoms with Gasteiger partial charge in [-0.05, 0) is 17.7 Å². The number of carbonyl (C=O) groups excluding carboxylic acids is 1. The number of ether oxygens (including phenoxy) is 2. The van der Waals surface area contributed by atoms with Crippen LogP contribution < -0.4 is 14.8 Å². The van der Waals surface area contributed by atoms with Crippen molar-refractivity contribution in [2.75, 3.05) is 6.79 Å². The summed E-state index contributed by atoms with van der Waals surface area (Å²) in [5.41, 5.74) is 1.63. The summed E-state index contributed by atoms with van der Waals surface area (Å²) in [6.45, 7) is 0.507. The molecular weight excluding hydrogens is 292 g/mol. The number of nitrogens with zero attached hydrogens (tertiary/aromatic N) is 1. The van der Waals surface area contributed by atoms with Gasteiger partial charge in [-0.2, -0.15) is 5.26 Å². The van der Waals surface area contributed by atoms with Gasteiger partial charge in [-0.25, -0.2) is 0 Å². The number of nitriles is 1. The van der Waals surface area contributed by atoms with Gasteiger partial charge in [0, 0.05) is 12.1 Å². The minimum absolute atomic E-state index is 0.0184. The van der Waals surface area contributed by atoms with Gasteiger partial charge in [0.25, 0.3) is 5.91 Å². The normalized spacial score (nSPS) is 12.6. The van der Waals surface area contributed by atoms with Crippen LogP contribution in [0.4, 0.5) is 0 Å². The summed E-state index contributed by atoms with van der Waals surface area (Å²) in [6, 6.07) is 16.8. The Hall–Kier alpha value is -3.26. The molecule has 1 N–H and O–H groups in total. The highest BCUT2D eigenvalue weighted by Crippen LogP contribution is 2.36. The number of fused-ring (bicyclic) bond motifs is 1. The second-order valence-corrected chi connectivity index (χ2v) is 4.92. The van der Waals surface area contributed by atoms with Crippen LogP contribution in [0.15, 0.2) is 54.1 Å². The molecule has 1 amide bonds. The third-order valence-corrected chi connectivity index (χ3v) is 3.39. The standard InChI is InChI=1S/C18H14N2O3/c19-10-15(18(21)20-11-13-5-2-1-3-6-13)9-14-7-4-8-16-17(14)23-12-22-16/h1-9H,11-12H2,(H,20,21)/b15-9+. The maximum atomic E-state index is 12.2. The number of para-hydroxylation sites is 1. The Kier molecular flexibility index (Phi) is 4.25. The van der Waals surface area contributed by atoms with E-state index < -0.39 is 5.91 Å². The third-order valence-electron chi connectivity index (χ3n) is 3.39. The van der Waals surface area contributed by atoms with Crippen LogP contribution in [0, 0.1) is 11.3 Å². The summed E-state index contributed by atoms with van der Waals surface area (Å²) in [5, 5.41) is 12.0. The molecule has 0 aromatic heterocycles. The zero-order valence-corrected chi connectivity index (χ0v) is 12.3. The van der Waals surface area contributed by atoms with Crippen LogP contribution in [-0.4, -0.2) is 12.7 Å². The molecule has 1 heterocycles. The van der Waals surface area contributed by atoms with Gasteiger partial charge in [0.2, 0.25) is 6.79 Å². The SMILES string of the molecule is N#C/C(=C\c1cccc2c1OCO2)C(=O)NCc1ccccc1. The Balaban J connectivity index is 1.76. The summed E-state index contributed by atoms with van der Waals surface area (Å²) >= 11 is 0. The Labute approximate surface area is 133 Å². The van der Waals surface area contributed by atoms with E-state index in [1.807, 2.05) is 36.4 Å². The van der Waals surface area contributed by atoms with Crippen LogP contribution in [0.1, 0.15) is 11.1 Å². The van der Waals surface area contributed by atoms with Crippen LogP contribution in [-0.2, 0) is 11.3 Å². The molecule has 0 spiro atoms. The Morgan fingerprint density at radius 2 is 2.00 bits per heavy atom. The molecule has 0 atom stereocenters. The highest BCUT2D eigenvalue weighted by molar-refractivity contribution is 6.02. The molecule has 0 bridgehead atoms. The molecular formula is C18H14N2O3. The minimum atomic E-state index is -0.423. The van der Waals surface area contributed by atoms with Gasteiger partial charge >= 0.3 is 0 Å². The number of amides is 1. The largest absolute Gasteiger partial charge is 0.454 e. The number of hydrogen-bond donors (Lipinski definition) is 1.